The molecule has 3 rings (SSSR count). The predicted octanol–water partition coefficient (Wildman–Crippen LogP) is 3.99. The number of urea groups is 1. The van der Waals surface area contributed by atoms with Crippen molar-refractivity contribution in [1.82, 2.24) is 15.1 Å². The van der Waals surface area contributed by atoms with Crippen molar-refractivity contribution in [3.05, 3.63) is 28.7 Å². The Bertz CT molecular complexity index is 1210. The minimum Gasteiger partial charge on any atom is -0.368 e. The van der Waals surface area contributed by atoms with Crippen LogP contribution in [0.4, 0.5) is 10.5 Å². The molecular formula is C22H35ClN4O. The van der Waals surface area contributed by atoms with Crippen LogP contribution in [0.3, 0.4) is 0 Å². The molecule has 28 heavy (non-hydrogen) atoms. The average molecular weight is 422 g/mol. The van der Waals surface area contributed by atoms with E-state index in [0.717, 1.165) is 0 Å². The first-order valence-electron chi connectivity index (χ1n) is 16.6. The fourth-order valence-corrected chi connectivity index (χ4v) is 3.07. The Morgan fingerprint density at radius 3 is 2.61 bits per heavy atom. The molecule has 1 aromatic carbocycles. The monoisotopic (exact) mass is 421 g/mol. The lowest BCUT2D eigenvalue weighted by Gasteiger charge is -2.37. The van der Waals surface area contributed by atoms with E-state index in [1.807, 2.05) is 0 Å². The fourth-order valence-electron chi connectivity index (χ4n) is 2.89. The zero-order chi connectivity index (χ0) is 33.5. The summed E-state index contributed by atoms with van der Waals surface area (Å²) in [5.41, 5.74) is -1.07. The van der Waals surface area contributed by atoms with E-state index in [9.17, 15) is 4.79 Å². The van der Waals surface area contributed by atoms with Gasteiger partial charge in [-0.3, -0.25) is 4.90 Å². The highest BCUT2D eigenvalue weighted by atomic mass is 35.5. The van der Waals surface area contributed by atoms with Crippen LogP contribution in [0.25, 0.3) is 0 Å². The minimum atomic E-state index is -3.80. The van der Waals surface area contributed by atoms with Crippen LogP contribution in [-0.2, 0) is 0 Å². The Morgan fingerprint density at radius 1 is 1.29 bits per heavy atom. The van der Waals surface area contributed by atoms with E-state index in [2.05, 4.69) is 5.32 Å². The van der Waals surface area contributed by atoms with Gasteiger partial charge >= 0.3 is 6.03 Å². The number of piperazine rings is 1. The summed E-state index contributed by atoms with van der Waals surface area (Å²) in [5.74, 6) is -1.14. The lowest BCUT2D eigenvalue weighted by atomic mass is 9.84. The number of carbonyl (C=O) groups is 1. The third-order valence-electron chi connectivity index (χ3n) is 4.58. The second-order valence-electron chi connectivity index (χ2n) is 6.93. The van der Waals surface area contributed by atoms with E-state index in [1.165, 1.54) is 11.8 Å². The molecule has 2 aliphatic rings. The van der Waals surface area contributed by atoms with Crippen LogP contribution in [0.15, 0.2) is 18.1 Å². The van der Waals surface area contributed by atoms with Gasteiger partial charge in [0.15, 0.2) is 0 Å². The number of amides is 2. The van der Waals surface area contributed by atoms with E-state index < -0.39 is 73.6 Å². The number of nitrogens with zero attached hydrogens (tertiary/aromatic N) is 3. The van der Waals surface area contributed by atoms with E-state index in [1.54, 1.807) is 14.1 Å². The smallest absolute Gasteiger partial charge is 0.317 e. The second kappa shape index (κ2) is 9.84. The number of anilines is 1. The molecule has 5 nitrogen and oxygen atoms in total. The van der Waals surface area contributed by atoms with Crippen molar-refractivity contribution in [2.75, 3.05) is 51.5 Å². The van der Waals surface area contributed by atoms with Gasteiger partial charge in [-0.15, -0.1) is 0 Å². The summed E-state index contributed by atoms with van der Waals surface area (Å²) < 4.78 is 129. The number of carbonyl (C=O) groups excluding carboxylic acids is 1. The van der Waals surface area contributed by atoms with Crippen molar-refractivity contribution in [2.45, 2.75) is 45.0 Å². The fraction of sp³-hybridized carbons (Fsp3) is 0.682. The Hall–Kier alpha value is -1.46. The zero-order valence-electron chi connectivity index (χ0n) is 31.1. The molecule has 0 atom stereocenters. The van der Waals surface area contributed by atoms with E-state index >= 15 is 0 Å². The van der Waals surface area contributed by atoms with E-state index in [0.29, 0.717) is 0 Å². The van der Waals surface area contributed by atoms with Gasteiger partial charge in [0.05, 0.1) is 20.3 Å². The van der Waals surface area contributed by atoms with E-state index in [4.69, 9.17) is 32.2 Å². The molecule has 0 spiro atoms. The Labute approximate surface area is 196 Å². The summed E-state index contributed by atoms with van der Waals surface area (Å²) in [6.07, 6.45) is -2.55. The third-order valence-corrected chi connectivity index (χ3v) is 5.04. The number of nitrogens with one attached hydrogen (secondary N) is 1. The van der Waals surface area contributed by atoms with Gasteiger partial charge in [-0.05, 0) is 63.0 Å². The molecule has 1 aliphatic carbocycles. The molecule has 0 aromatic heterocycles. The Kier molecular flexibility index (Phi) is 3.21. The van der Waals surface area contributed by atoms with Crippen molar-refractivity contribution < 1.29 is 25.4 Å². The zero-order valence-corrected chi connectivity index (χ0v) is 16.9. The Morgan fingerprint density at radius 2 is 1.96 bits per heavy atom. The SMILES string of the molecule is [2H]c1c([2H])c(C)c(Cl)c(N2C([2H])([2H])C([2H])([2H])N(C([2H])([2H])C([2H])([2H])[C@H]3CC[C@H](NC(=O)N(C)C)CC3)C([2H])([2H])C2([2H])[2H])c1[2H]. The minimum absolute atomic E-state index is 0.0134. The number of halogens is 1. The quantitative estimate of drug-likeness (QED) is 0.781. The molecule has 0 radical (unpaired) electrons. The van der Waals surface area contributed by atoms with Crippen LogP contribution >= 0.6 is 11.6 Å². The first kappa shape index (κ1) is 9.13. The molecule has 1 saturated carbocycles. The maximum Gasteiger partial charge on any atom is 0.317 e. The van der Waals surface area contributed by atoms with Gasteiger partial charge in [-0.2, -0.15) is 0 Å². The summed E-state index contributed by atoms with van der Waals surface area (Å²) in [6, 6.07) is -3.00. The van der Waals surface area contributed by atoms with Gasteiger partial charge in [-0.25, -0.2) is 4.79 Å². The topological polar surface area (TPSA) is 38.8 Å². The number of rotatable bonds is 5. The lowest BCUT2D eigenvalue weighted by molar-refractivity contribution is 0.194. The van der Waals surface area contributed by atoms with Crippen molar-refractivity contribution >= 4 is 23.3 Å². The molecule has 2 amide bonds. The van der Waals surface area contributed by atoms with Crippen LogP contribution in [0.2, 0.25) is 5.02 Å². The van der Waals surface area contributed by atoms with Crippen molar-refractivity contribution in [3.8, 4) is 0 Å². The molecule has 1 aliphatic heterocycles. The predicted molar refractivity (Wildman–Crippen MR) is 117 cm³/mol. The van der Waals surface area contributed by atoms with Gasteiger partial charge in [0.25, 0.3) is 0 Å². The van der Waals surface area contributed by atoms with Crippen LogP contribution in [0.5, 0.6) is 0 Å². The number of hydrogen-bond donors (Lipinski definition) is 1. The number of hydrogen-bond acceptors (Lipinski definition) is 3. The summed E-state index contributed by atoms with van der Waals surface area (Å²) in [7, 11) is 3.09. The molecule has 156 valence electrons. The molecule has 1 aromatic rings. The van der Waals surface area contributed by atoms with Crippen LogP contribution in [-0.4, -0.2) is 68.5 Å². The Balaban J connectivity index is 2.12. The van der Waals surface area contributed by atoms with Crippen LogP contribution in [0.1, 0.15) is 58.2 Å². The first-order chi connectivity index (χ1) is 19.2. The summed E-state index contributed by atoms with van der Waals surface area (Å²) in [6.45, 7) is -17.4. The summed E-state index contributed by atoms with van der Waals surface area (Å²) in [5, 5.41) is 2.18. The van der Waals surface area contributed by atoms with Crippen LogP contribution < -0.4 is 10.2 Å². The molecule has 1 saturated heterocycles. The van der Waals surface area contributed by atoms with Crippen molar-refractivity contribution in [2.24, 2.45) is 5.92 Å². The highest BCUT2D eigenvalue weighted by molar-refractivity contribution is 6.34. The largest absolute Gasteiger partial charge is 0.368 e. The summed E-state index contributed by atoms with van der Waals surface area (Å²) >= 11 is 6.29. The molecular weight excluding hydrogens is 372 g/mol. The van der Waals surface area contributed by atoms with Gasteiger partial charge < -0.3 is 15.1 Å². The molecule has 2 fully saturated rings. The van der Waals surface area contributed by atoms with Gasteiger partial charge in [-0.1, -0.05) is 23.7 Å². The highest BCUT2D eigenvalue weighted by Crippen LogP contribution is 2.30. The van der Waals surface area contributed by atoms with E-state index in [-0.39, 0.29) is 53.1 Å². The lowest BCUT2D eigenvalue weighted by Crippen LogP contribution is -2.47. The van der Waals surface area contributed by atoms with Crippen molar-refractivity contribution in [1.29, 1.82) is 0 Å². The van der Waals surface area contributed by atoms with Gasteiger partial charge in [0.1, 0.15) is 0 Å². The molecule has 0 bridgehead atoms. The number of benzene rings is 1. The highest BCUT2D eigenvalue weighted by Gasteiger charge is 2.24. The molecule has 6 heteroatoms. The molecule has 1 N–H and O–H groups in total. The third kappa shape index (κ3) is 5.54. The van der Waals surface area contributed by atoms with Crippen LogP contribution in [0, 0.1) is 12.8 Å². The normalized spacial score (nSPS) is 39.6. The maximum absolute atomic E-state index is 12.0. The molecule has 0 unspecified atom stereocenters. The summed E-state index contributed by atoms with van der Waals surface area (Å²) in [4.78, 5) is 12.9. The molecule has 1 heterocycles. The van der Waals surface area contributed by atoms with Gasteiger partial charge in [0, 0.05) is 57.1 Å². The van der Waals surface area contributed by atoms with Crippen molar-refractivity contribution in [3.63, 3.8) is 0 Å². The standard InChI is InChI=1S/C22H35ClN4O/c1-17-5-4-6-20(21(17)23)27-15-13-26(14-16-27)12-11-18-7-9-19(10-8-18)24-22(28)25(2)3/h4-6,18-19H,7-16H2,1-3H3,(H,24,28)/t18-,19-/i4D,5D,6D,11D2,12D2,13D2,14D2,15D2,16D2. The van der Waals surface area contributed by atoms with Gasteiger partial charge in [0.2, 0.25) is 0 Å². The average Bonchev–Trinajstić information content (AvgIpc) is 2.87. The first-order valence-corrected chi connectivity index (χ1v) is 9.44. The maximum atomic E-state index is 12.0. The second-order valence-corrected chi connectivity index (χ2v) is 7.31.